The van der Waals surface area contributed by atoms with Crippen LogP contribution in [0.1, 0.15) is 315 Å². The molecule has 7 unspecified atom stereocenters. The number of hydrogen-bond donors (Lipinski definition) is 0. The monoisotopic (exact) mass is 1830 g/mol. The largest absolute Gasteiger partial charge is 0.454 e. The summed E-state index contributed by atoms with van der Waals surface area (Å²) in [5.41, 5.74) is 26.1. The van der Waals surface area contributed by atoms with E-state index in [2.05, 4.69) is 330 Å². The maximum absolute atomic E-state index is 5.80. The first-order valence-corrected chi connectivity index (χ1v) is 54.5. The topological polar surface area (TPSA) is 42.5 Å². The third kappa shape index (κ3) is 11.0. The van der Waals surface area contributed by atoms with E-state index in [1.165, 1.54) is 197 Å². The van der Waals surface area contributed by atoms with E-state index >= 15 is 0 Å². The second-order valence-electron chi connectivity index (χ2n) is 43.0. The molecule has 10 aromatic heterocycles. The van der Waals surface area contributed by atoms with Gasteiger partial charge in [0.15, 0.2) is 9.79 Å². The first kappa shape index (κ1) is 83.9. The van der Waals surface area contributed by atoms with Gasteiger partial charge in [0.2, 0.25) is 0 Å². The summed E-state index contributed by atoms with van der Waals surface area (Å²) in [4.78, 5) is 24.0. The maximum atomic E-state index is 5.80. The fourth-order valence-corrected chi connectivity index (χ4v) is 39.3. The van der Waals surface area contributed by atoms with Gasteiger partial charge in [0.05, 0.1) is 82.5 Å². The van der Waals surface area contributed by atoms with Crippen molar-refractivity contribution < 1.29 is 8.83 Å². The first-order chi connectivity index (χ1) is 60.9. The van der Waals surface area contributed by atoms with E-state index in [0.717, 1.165) is 33.5 Å². The molecule has 15 heteroatoms. The highest BCUT2D eigenvalue weighted by molar-refractivity contribution is 7.39. The Bertz CT molecular complexity index is 6670. The molecule has 17 heterocycles. The minimum absolute atomic E-state index is 0.0472. The van der Waals surface area contributed by atoms with E-state index in [0.29, 0.717) is 30.2 Å². The van der Waals surface area contributed by atoms with Gasteiger partial charge in [-0.05, 0) is 279 Å². The summed E-state index contributed by atoms with van der Waals surface area (Å²) in [6.45, 7) is 47.9. The molecule has 15 aromatic rings. The fourth-order valence-electron chi connectivity index (χ4n) is 29.6. The van der Waals surface area contributed by atoms with Crippen molar-refractivity contribution in [2.24, 2.45) is 34.5 Å². The van der Waals surface area contributed by atoms with Gasteiger partial charge >= 0.3 is 0 Å². The molecule has 6 aliphatic carbocycles. The highest BCUT2D eigenvalue weighted by Gasteiger charge is 2.69. The lowest BCUT2D eigenvalue weighted by Crippen LogP contribution is -2.62. The number of para-hydroxylation sites is 5. The zero-order chi connectivity index (χ0) is 87.8. The average molecular weight is 1830 g/mol. The molecule has 0 saturated heterocycles. The number of hydrogen-bond acceptors (Lipinski definition) is 15. The molecule has 658 valence electrons. The van der Waals surface area contributed by atoms with Crippen LogP contribution in [-0.2, 0) is 38.5 Å². The van der Waals surface area contributed by atoms with Crippen LogP contribution in [0.25, 0.3) is 48.8 Å². The summed E-state index contributed by atoms with van der Waals surface area (Å²) in [5, 5.41) is 14.2. The van der Waals surface area contributed by atoms with Gasteiger partial charge in [-0.3, -0.25) is 0 Å². The van der Waals surface area contributed by atoms with Crippen molar-refractivity contribution in [3.05, 3.63) is 259 Å². The van der Waals surface area contributed by atoms with Crippen LogP contribution in [0, 0.1) is 69.1 Å². The number of benzene rings is 5. The Kier molecular flexibility index (Phi) is 19.3. The van der Waals surface area contributed by atoms with Crippen LogP contribution < -0.4 is 24.5 Å². The molecule has 0 N–H and O–H groups in total. The zero-order valence-corrected chi connectivity index (χ0v) is 84.6. The van der Waals surface area contributed by atoms with E-state index < -0.39 is 0 Å². The molecule has 7 atom stereocenters. The third-order valence-corrected chi connectivity index (χ3v) is 46.4. The molecule has 13 aliphatic rings. The van der Waals surface area contributed by atoms with E-state index in [1.54, 1.807) is 51.5 Å². The minimum Gasteiger partial charge on any atom is -0.454 e. The van der Waals surface area contributed by atoms with Crippen molar-refractivity contribution >= 4 is 168 Å². The van der Waals surface area contributed by atoms with E-state index in [9.17, 15) is 0 Å². The summed E-state index contributed by atoms with van der Waals surface area (Å²) >= 11 is 15.7. The maximum Gasteiger partial charge on any atom is 0.188 e. The molecule has 3 spiro atoms. The normalized spacial score (nSPS) is 28.2. The number of thiophene rings is 8. The lowest BCUT2D eigenvalue weighted by atomic mass is 9.47. The van der Waals surface area contributed by atoms with Crippen molar-refractivity contribution in [1.82, 2.24) is 0 Å². The Morgan fingerprint density at radius 1 is 0.315 bits per heavy atom. The van der Waals surface area contributed by atoms with Gasteiger partial charge in [0.1, 0.15) is 0 Å². The number of nitrogens with zero attached hydrogens (tertiary/aromatic N) is 5. The van der Waals surface area contributed by atoms with Crippen LogP contribution in [0.15, 0.2) is 177 Å². The summed E-state index contributed by atoms with van der Waals surface area (Å²) in [6.07, 6.45) is 23.1. The van der Waals surface area contributed by atoms with Crippen LogP contribution in [0.3, 0.4) is 0 Å². The number of aryl methyl sites for hydroxylation is 5. The molecule has 28 rings (SSSR count). The van der Waals surface area contributed by atoms with Crippen molar-refractivity contribution in [1.29, 1.82) is 0 Å². The van der Waals surface area contributed by atoms with Crippen molar-refractivity contribution in [3.8, 4) is 0 Å². The second-order valence-corrected chi connectivity index (χ2v) is 51.7. The van der Waals surface area contributed by atoms with Gasteiger partial charge < -0.3 is 33.3 Å². The molecule has 0 radical (unpaired) electrons. The first-order valence-electron chi connectivity index (χ1n) is 47.8. The SMILES string of the molecule is Cc1cccc2c1N1C(C)c3sc4occc4c3C1(C)C(C)(C)C2(C)C.Cc1cccc2c1N1C(C)c3sc4occc4c3C1(C)C(C)(C)C2(C)C.Cc1ccccc1N1C(C)c2sc3sccc3c2C12C1CC3CC(C1)CC2C3.Cc1ccccc1N1C(C)c2sc3sccc3c2C12CCCC2.Cc1ccccc1N1C(C)c2sc3sccc3c2C12CCCCC2. The molecular formula is C112H125N5O2S8. The van der Waals surface area contributed by atoms with Crippen molar-refractivity contribution in [2.75, 3.05) is 24.5 Å². The number of anilines is 5. The van der Waals surface area contributed by atoms with Gasteiger partial charge in [-0.15, -0.1) is 90.7 Å². The van der Waals surface area contributed by atoms with Gasteiger partial charge in [0.25, 0.3) is 0 Å². The number of fused-ring (bicyclic) bond motifs is 25. The molecule has 6 fully saturated rings. The van der Waals surface area contributed by atoms with Crippen molar-refractivity contribution in [3.63, 3.8) is 0 Å². The summed E-state index contributed by atoms with van der Waals surface area (Å²) < 4.78 is 16.2. The van der Waals surface area contributed by atoms with Gasteiger partial charge in [-0.1, -0.05) is 178 Å². The highest BCUT2D eigenvalue weighted by Crippen LogP contribution is 2.75. The van der Waals surface area contributed by atoms with Crippen LogP contribution >= 0.6 is 90.7 Å². The van der Waals surface area contributed by atoms with Crippen LogP contribution in [0.4, 0.5) is 28.4 Å². The van der Waals surface area contributed by atoms with Gasteiger partial charge in [0, 0.05) is 118 Å². The Balaban J connectivity index is 0.0000000912. The van der Waals surface area contributed by atoms with Crippen molar-refractivity contribution in [2.45, 2.75) is 297 Å². The Hall–Kier alpha value is -7.44. The molecule has 5 aromatic carbocycles. The van der Waals surface area contributed by atoms with Crippen LogP contribution in [0.5, 0.6) is 0 Å². The number of furan rings is 2. The van der Waals surface area contributed by atoms with Crippen LogP contribution in [0.2, 0.25) is 0 Å². The molecule has 7 aliphatic heterocycles. The predicted molar refractivity (Wildman–Crippen MR) is 550 cm³/mol. The molecule has 0 amide bonds. The lowest BCUT2D eigenvalue weighted by molar-refractivity contribution is -0.0596. The Morgan fingerprint density at radius 2 is 0.646 bits per heavy atom. The Labute approximate surface area is 785 Å². The molecule has 7 nitrogen and oxygen atoms in total. The summed E-state index contributed by atoms with van der Waals surface area (Å²) in [6, 6.07) is 54.5. The quantitative estimate of drug-likeness (QED) is 0.175. The van der Waals surface area contributed by atoms with Gasteiger partial charge in [-0.25, -0.2) is 0 Å². The third-order valence-electron chi connectivity index (χ3n) is 36.6. The lowest BCUT2D eigenvalue weighted by Gasteiger charge is -2.64. The molecular weight excluding hydrogens is 1700 g/mol. The van der Waals surface area contributed by atoms with E-state index in [1.807, 2.05) is 91.9 Å². The smallest absolute Gasteiger partial charge is 0.188 e. The predicted octanol–water partition coefficient (Wildman–Crippen LogP) is 35.0. The van der Waals surface area contributed by atoms with Gasteiger partial charge in [-0.2, -0.15) is 0 Å². The standard InChI is InChI=1S/C25H27NS2.2C23H27NOS.C21H23NS2.C20H21NS2/c1-14-5-3-4-6-21(14)26-15(2)23-22(20-7-8-27-24(20)28-23)25(26)18-10-16-9-17(12-18)13-19(25)11-16;2*1-13-9-8-10-16-18(13)24-14(2)19-17(15-11-12-25-20(15)26-19)23(24,7)22(5,6)21(16,3)4;1-14-8-4-5-9-17(14)22-15(2)19-18(16-10-13-23-20(16)24-19)21(22)11-6-3-7-12-21;1-13-7-3-4-8-16(13)21-14(2)18-17(20(21)10-5-6-11-20)15-9-12-22-19(15)23-18/h3-8,15-19H,9-13H2,1-2H3;2*8-12,14H,1-7H3;4-5,8-10,13,15H,3,6-7,11-12H2,1-2H3;3-4,7-9,12,14H,5-6,10-11H2,1-2H3. The average Bonchev–Trinajstić information content (AvgIpc) is 1.52. The summed E-state index contributed by atoms with van der Waals surface area (Å²) in [7, 11) is 0. The minimum atomic E-state index is -0.0769. The number of rotatable bonds is 3. The fraction of sp³-hybridized carbons (Fsp3) is 0.464. The molecule has 4 bridgehead atoms. The van der Waals surface area contributed by atoms with E-state index in [-0.39, 0.29) is 49.4 Å². The summed E-state index contributed by atoms with van der Waals surface area (Å²) in [5.74, 6) is 3.68. The van der Waals surface area contributed by atoms with E-state index in [4.69, 9.17) is 8.83 Å². The highest BCUT2D eigenvalue weighted by atomic mass is 32.2. The second kappa shape index (κ2) is 29.3. The van der Waals surface area contributed by atoms with Crippen LogP contribution in [-0.4, -0.2) is 0 Å². The Morgan fingerprint density at radius 3 is 1.04 bits per heavy atom. The zero-order valence-electron chi connectivity index (χ0n) is 78.1. The molecule has 127 heavy (non-hydrogen) atoms. The molecule has 6 saturated carbocycles.